The van der Waals surface area contributed by atoms with Crippen molar-refractivity contribution >= 4 is 0 Å². The Morgan fingerprint density at radius 1 is 1.25 bits per heavy atom. The zero-order valence-electron chi connectivity index (χ0n) is 13.0. The highest BCUT2D eigenvalue weighted by atomic mass is 19.1. The molecule has 0 aliphatic carbocycles. The number of hydrogen-bond acceptors (Lipinski definition) is 2. The molecule has 1 N–H and O–H groups in total. The van der Waals surface area contributed by atoms with Gasteiger partial charge in [-0.25, -0.2) is 4.39 Å². The third-order valence-electron chi connectivity index (χ3n) is 4.72. The lowest BCUT2D eigenvalue weighted by molar-refractivity contribution is -0.0999. The average molecular weight is 279 g/mol. The Balaban J connectivity index is 1.96. The third-order valence-corrected chi connectivity index (χ3v) is 4.72. The standard InChI is InChI=1S/C17H26FNO/c1-13-5-6-14(11-15(13)18)12-19-9-7-17(20,8-10-19)16(2,3)4/h5-6,11,20H,7-10,12H2,1-4H3. The van der Waals surface area contributed by atoms with E-state index in [1.807, 2.05) is 12.1 Å². The fourth-order valence-corrected chi connectivity index (χ4v) is 2.82. The Labute approximate surface area is 121 Å². The van der Waals surface area contributed by atoms with Crippen molar-refractivity contribution in [3.05, 3.63) is 35.1 Å². The fourth-order valence-electron chi connectivity index (χ4n) is 2.82. The lowest BCUT2D eigenvalue weighted by Crippen LogP contribution is -2.51. The van der Waals surface area contributed by atoms with Crippen molar-refractivity contribution in [2.75, 3.05) is 13.1 Å². The molecule has 0 radical (unpaired) electrons. The van der Waals surface area contributed by atoms with Crippen LogP contribution in [0.3, 0.4) is 0 Å². The van der Waals surface area contributed by atoms with E-state index in [-0.39, 0.29) is 11.2 Å². The normalized spacial score (nSPS) is 20.1. The van der Waals surface area contributed by atoms with E-state index in [1.54, 1.807) is 13.0 Å². The first kappa shape index (κ1) is 15.5. The number of hydrogen-bond donors (Lipinski definition) is 1. The van der Waals surface area contributed by atoms with Crippen LogP contribution in [0.2, 0.25) is 0 Å². The van der Waals surface area contributed by atoms with Gasteiger partial charge in [0.2, 0.25) is 0 Å². The molecule has 0 amide bonds. The molecular formula is C17H26FNO. The summed E-state index contributed by atoms with van der Waals surface area (Å²) in [4.78, 5) is 2.30. The van der Waals surface area contributed by atoms with Crippen LogP contribution in [0.25, 0.3) is 0 Å². The topological polar surface area (TPSA) is 23.5 Å². The van der Waals surface area contributed by atoms with Crippen molar-refractivity contribution in [1.29, 1.82) is 0 Å². The number of halogens is 1. The molecule has 2 nitrogen and oxygen atoms in total. The predicted molar refractivity (Wildman–Crippen MR) is 80.1 cm³/mol. The van der Waals surface area contributed by atoms with Crippen LogP contribution in [-0.2, 0) is 6.54 Å². The van der Waals surface area contributed by atoms with Crippen LogP contribution in [0.5, 0.6) is 0 Å². The molecule has 1 aliphatic heterocycles. The number of aliphatic hydroxyl groups is 1. The van der Waals surface area contributed by atoms with Gasteiger partial charge in [0.05, 0.1) is 5.60 Å². The van der Waals surface area contributed by atoms with Crippen molar-refractivity contribution in [2.24, 2.45) is 5.41 Å². The summed E-state index contributed by atoms with van der Waals surface area (Å²) in [6.07, 6.45) is 1.57. The van der Waals surface area contributed by atoms with E-state index in [0.717, 1.165) is 38.0 Å². The quantitative estimate of drug-likeness (QED) is 0.895. The average Bonchev–Trinajstić information content (AvgIpc) is 2.35. The maximum Gasteiger partial charge on any atom is 0.126 e. The molecule has 2 rings (SSSR count). The van der Waals surface area contributed by atoms with Gasteiger partial charge in [0.25, 0.3) is 0 Å². The molecule has 0 bridgehead atoms. The summed E-state index contributed by atoms with van der Waals surface area (Å²) in [5.74, 6) is -0.134. The first-order valence-electron chi connectivity index (χ1n) is 7.41. The third kappa shape index (κ3) is 3.21. The predicted octanol–water partition coefficient (Wildman–Crippen LogP) is 3.51. The highest BCUT2D eigenvalue weighted by molar-refractivity contribution is 5.23. The van der Waals surface area contributed by atoms with E-state index >= 15 is 0 Å². The monoisotopic (exact) mass is 279 g/mol. The van der Waals surface area contributed by atoms with Gasteiger partial charge in [-0.15, -0.1) is 0 Å². The molecular weight excluding hydrogens is 253 g/mol. The largest absolute Gasteiger partial charge is 0.389 e. The Morgan fingerprint density at radius 2 is 1.85 bits per heavy atom. The van der Waals surface area contributed by atoms with Crippen molar-refractivity contribution < 1.29 is 9.50 Å². The second-order valence-electron chi connectivity index (χ2n) is 7.14. The molecule has 1 heterocycles. The van der Waals surface area contributed by atoms with Crippen LogP contribution in [0.15, 0.2) is 18.2 Å². The second kappa shape index (κ2) is 5.45. The van der Waals surface area contributed by atoms with Crippen molar-refractivity contribution in [2.45, 2.75) is 52.7 Å². The maximum absolute atomic E-state index is 13.6. The van der Waals surface area contributed by atoms with E-state index < -0.39 is 5.60 Å². The number of aryl methyl sites for hydroxylation is 1. The van der Waals surface area contributed by atoms with E-state index in [1.165, 1.54) is 0 Å². The van der Waals surface area contributed by atoms with Gasteiger partial charge in [0.1, 0.15) is 5.82 Å². The van der Waals surface area contributed by atoms with Crippen molar-refractivity contribution in [3.8, 4) is 0 Å². The zero-order valence-corrected chi connectivity index (χ0v) is 13.0. The molecule has 3 heteroatoms. The number of rotatable bonds is 2. The zero-order chi connectivity index (χ0) is 15.0. The Hall–Kier alpha value is -0.930. The van der Waals surface area contributed by atoms with Crippen LogP contribution >= 0.6 is 0 Å². The number of benzene rings is 1. The molecule has 1 aliphatic rings. The van der Waals surface area contributed by atoms with Gasteiger partial charge < -0.3 is 5.11 Å². The van der Waals surface area contributed by atoms with Crippen LogP contribution in [-0.4, -0.2) is 28.7 Å². The minimum Gasteiger partial charge on any atom is -0.389 e. The molecule has 1 aromatic rings. The highest BCUT2D eigenvalue weighted by Gasteiger charge is 2.42. The summed E-state index contributed by atoms with van der Waals surface area (Å²) >= 11 is 0. The summed E-state index contributed by atoms with van der Waals surface area (Å²) in [6.45, 7) is 10.6. The van der Waals surface area contributed by atoms with E-state index in [9.17, 15) is 9.50 Å². The first-order chi connectivity index (χ1) is 9.21. The van der Waals surface area contributed by atoms with Gasteiger partial charge in [-0.3, -0.25) is 4.90 Å². The summed E-state index contributed by atoms with van der Waals surface area (Å²) in [5, 5.41) is 10.7. The molecule has 20 heavy (non-hydrogen) atoms. The number of piperidine rings is 1. The molecule has 0 unspecified atom stereocenters. The van der Waals surface area contributed by atoms with E-state index in [2.05, 4.69) is 25.7 Å². The van der Waals surface area contributed by atoms with Gasteiger partial charge >= 0.3 is 0 Å². The highest BCUT2D eigenvalue weighted by Crippen LogP contribution is 2.38. The Bertz CT molecular complexity index is 470. The SMILES string of the molecule is Cc1ccc(CN2CCC(O)(C(C)(C)C)CC2)cc1F. The molecule has 112 valence electrons. The first-order valence-corrected chi connectivity index (χ1v) is 7.41. The van der Waals surface area contributed by atoms with E-state index in [4.69, 9.17) is 0 Å². The molecule has 0 aromatic heterocycles. The van der Waals surface area contributed by atoms with Gasteiger partial charge in [0, 0.05) is 19.6 Å². The number of nitrogens with zero attached hydrogens (tertiary/aromatic N) is 1. The molecule has 0 spiro atoms. The molecule has 1 saturated heterocycles. The van der Waals surface area contributed by atoms with Gasteiger partial charge in [-0.2, -0.15) is 0 Å². The molecule has 0 atom stereocenters. The van der Waals surface area contributed by atoms with Crippen LogP contribution in [0.1, 0.15) is 44.7 Å². The number of likely N-dealkylation sites (tertiary alicyclic amines) is 1. The fraction of sp³-hybridized carbons (Fsp3) is 0.647. The minimum atomic E-state index is -0.581. The molecule has 1 fully saturated rings. The minimum absolute atomic E-state index is 0.0882. The summed E-state index contributed by atoms with van der Waals surface area (Å²) in [5.41, 5.74) is 1.03. The van der Waals surface area contributed by atoms with Crippen LogP contribution in [0, 0.1) is 18.2 Å². The van der Waals surface area contributed by atoms with Crippen LogP contribution in [0.4, 0.5) is 4.39 Å². The van der Waals surface area contributed by atoms with Gasteiger partial charge in [0.15, 0.2) is 0 Å². The van der Waals surface area contributed by atoms with Crippen molar-refractivity contribution in [1.82, 2.24) is 4.90 Å². The lowest BCUT2D eigenvalue weighted by Gasteiger charge is -2.46. The summed E-state index contributed by atoms with van der Waals surface area (Å²) in [7, 11) is 0. The van der Waals surface area contributed by atoms with Crippen LogP contribution < -0.4 is 0 Å². The maximum atomic E-state index is 13.6. The molecule has 0 saturated carbocycles. The summed E-state index contributed by atoms with van der Waals surface area (Å²) < 4.78 is 13.6. The second-order valence-corrected chi connectivity index (χ2v) is 7.14. The van der Waals surface area contributed by atoms with Crippen molar-refractivity contribution in [3.63, 3.8) is 0 Å². The summed E-state index contributed by atoms with van der Waals surface area (Å²) in [6, 6.07) is 5.45. The smallest absolute Gasteiger partial charge is 0.126 e. The lowest BCUT2D eigenvalue weighted by atomic mass is 9.71. The van der Waals surface area contributed by atoms with Gasteiger partial charge in [-0.1, -0.05) is 32.9 Å². The Kier molecular flexibility index (Phi) is 4.22. The Morgan fingerprint density at radius 3 is 2.35 bits per heavy atom. The van der Waals surface area contributed by atoms with Gasteiger partial charge in [-0.05, 0) is 42.4 Å². The van der Waals surface area contributed by atoms with E-state index in [0.29, 0.717) is 5.56 Å². The molecule has 1 aromatic carbocycles.